The SMILES string of the molecule is O=[N+]([O-])N(c1ccccc1)c1cccc2ccccc12. The first kappa shape index (κ1) is 12.2. The molecule has 0 aliphatic carbocycles. The van der Waals surface area contributed by atoms with Gasteiger partial charge in [0.2, 0.25) is 0 Å². The van der Waals surface area contributed by atoms with Gasteiger partial charge >= 0.3 is 0 Å². The molecular weight excluding hydrogens is 252 g/mol. The predicted molar refractivity (Wildman–Crippen MR) is 79.5 cm³/mol. The van der Waals surface area contributed by atoms with Gasteiger partial charge < -0.3 is 0 Å². The number of hydrazine groups is 1. The van der Waals surface area contributed by atoms with Crippen LogP contribution in [0.3, 0.4) is 0 Å². The Bertz CT molecular complexity index is 751. The molecule has 0 aliphatic rings. The molecule has 0 radical (unpaired) electrons. The van der Waals surface area contributed by atoms with Crippen LogP contribution >= 0.6 is 0 Å². The number of nitrogens with zero attached hydrogens (tertiary/aromatic N) is 2. The second-order valence-corrected chi connectivity index (χ2v) is 4.38. The maximum absolute atomic E-state index is 11.5. The molecular formula is C16H12N2O2. The third-order valence-electron chi connectivity index (χ3n) is 3.16. The van der Waals surface area contributed by atoms with E-state index >= 15 is 0 Å². The number of rotatable bonds is 3. The molecule has 0 spiro atoms. The molecule has 3 rings (SSSR count). The van der Waals surface area contributed by atoms with Crippen LogP contribution < -0.4 is 5.01 Å². The quantitative estimate of drug-likeness (QED) is 0.527. The van der Waals surface area contributed by atoms with Crippen molar-refractivity contribution in [3.8, 4) is 0 Å². The van der Waals surface area contributed by atoms with Gasteiger partial charge in [0.1, 0.15) is 11.4 Å². The lowest BCUT2D eigenvalue weighted by Gasteiger charge is -2.16. The first-order valence-corrected chi connectivity index (χ1v) is 6.24. The van der Waals surface area contributed by atoms with Crippen LogP contribution in [-0.4, -0.2) is 5.03 Å². The van der Waals surface area contributed by atoms with Crippen LogP contribution in [0.1, 0.15) is 0 Å². The lowest BCUT2D eigenvalue weighted by molar-refractivity contribution is -0.483. The first-order valence-electron chi connectivity index (χ1n) is 6.24. The number of benzene rings is 3. The molecule has 0 unspecified atom stereocenters. The largest absolute Gasteiger partial charge is 0.234 e. The molecule has 0 fully saturated rings. The minimum Gasteiger partial charge on any atom is -0.234 e. The van der Waals surface area contributed by atoms with Gasteiger partial charge in [-0.2, -0.15) is 0 Å². The summed E-state index contributed by atoms with van der Waals surface area (Å²) < 4.78 is 0. The van der Waals surface area contributed by atoms with Crippen LogP contribution in [0.25, 0.3) is 10.8 Å². The normalized spacial score (nSPS) is 10.4. The topological polar surface area (TPSA) is 46.4 Å². The molecule has 98 valence electrons. The van der Waals surface area contributed by atoms with E-state index in [9.17, 15) is 10.1 Å². The van der Waals surface area contributed by atoms with Gasteiger partial charge in [-0.3, -0.25) is 0 Å². The van der Waals surface area contributed by atoms with E-state index < -0.39 is 5.03 Å². The Labute approximate surface area is 116 Å². The predicted octanol–water partition coefficient (Wildman–Crippen LogP) is 4.17. The summed E-state index contributed by atoms with van der Waals surface area (Å²) in [7, 11) is 0. The summed E-state index contributed by atoms with van der Waals surface area (Å²) in [5, 5.41) is 14.0. The molecule has 0 heterocycles. The van der Waals surface area contributed by atoms with Crippen LogP contribution in [0, 0.1) is 10.1 Å². The maximum Gasteiger partial charge on any atom is 0.170 e. The fourth-order valence-electron chi connectivity index (χ4n) is 2.28. The number of hydrogen-bond acceptors (Lipinski definition) is 2. The van der Waals surface area contributed by atoms with Crippen LogP contribution in [-0.2, 0) is 0 Å². The smallest absolute Gasteiger partial charge is 0.170 e. The molecule has 0 aromatic heterocycles. The van der Waals surface area contributed by atoms with Crippen LogP contribution in [0.15, 0.2) is 72.8 Å². The van der Waals surface area contributed by atoms with Gasteiger partial charge in [-0.05, 0) is 23.6 Å². The van der Waals surface area contributed by atoms with Crippen molar-refractivity contribution in [1.29, 1.82) is 0 Å². The van der Waals surface area contributed by atoms with Gasteiger partial charge in [0.05, 0.1) is 0 Å². The number of para-hydroxylation sites is 1. The summed E-state index contributed by atoms with van der Waals surface area (Å²) in [5.41, 5.74) is 1.10. The van der Waals surface area contributed by atoms with Crippen LogP contribution in [0.5, 0.6) is 0 Å². The van der Waals surface area contributed by atoms with E-state index in [2.05, 4.69) is 0 Å². The molecule has 0 saturated heterocycles. The highest BCUT2D eigenvalue weighted by molar-refractivity contribution is 5.95. The molecule has 4 heteroatoms. The summed E-state index contributed by atoms with van der Waals surface area (Å²) in [6.07, 6.45) is 0. The Hall–Kier alpha value is -2.88. The summed E-state index contributed by atoms with van der Waals surface area (Å²) in [5.74, 6) is 0. The molecule has 0 amide bonds. The van der Waals surface area contributed by atoms with Crippen LogP contribution in [0.4, 0.5) is 11.4 Å². The van der Waals surface area contributed by atoms with Crippen molar-refractivity contribution >= 4 is 22.1 Å². The zero-order chi connectivity index (χ0) is 13.9. The summed E-state index contributed by atoms with van der Waals surface area (Å²) >= 11 is 0. The Kier molecular flexibility index (Phi) is 3.05. The van der Waals surface area contributed by atoms with E-state index in [-0.39, 0.29) is 0 Å². The van der Waals surface area contributed by atoms with Crippen molar-refractivity contribution in [1.82, 2.24) is 0 Å². The summed E-state index contributed by atoms with van der Waals surface area (Å²) in [6, 6.07) is 22.1. The first-order chi connectivity index (χ1) is 9.77. The molecule has 0 atom stereocenters. The average molecular weight is 264 g/mol. The minimum atomic E-state index is -0.392. The second kappa shape index (κ2) is 5.01. The van der Waals surface area contributed by atoms with Crippen molar-refractivity contribution in [3.05, 3.63) is 82.9 Å². The molecule has 0 bridgehead atoms. The number of nitro groups is 1. The van der Waals surface area contributed by atoms with Crippen molar-refractivity contribution in [2.75, 3.05) is 5.01 Å². The summed E-state index contributed by atoms with van der Waals surface area (Å²) in [6.45, 7) is 0. The third kappa shape index (κ3) is 2.07. The highest BCUT2D eigenvalue weighted by Crippen LogP contribution is 2.31. The number of hydrogen-bond donors (Lipinski definition) is 0. The fourth-order valence-corrected chi connectivity index (χ4v) is 2.28. The third-order valence-corrected chi connectivity index (χ3v) is 3.16. The average Bonchev–Trinajstić information content (AvgIpc) is 2.48. The number of fused-ring (bicyclic) bond motifs is 1. The second-order valence-electron chi connectivity index (χ2n) is 4.38. The maximum atomic E-state index is 11.5. The van der Waals surface area contributed by atoms with Crippen molar-refractivity contribution in [2.45, 2.75) is 0 Å². The minimum absolute atomic E-state index is 0.392. The van der Waals surface area contributed by atoms with Gasteiger partial charge in [-0.1, -0.05) is 59.6 Å². The molecule has 0 aliphatic heterocycles. The van der Waals surface area contributed by atoms with Gasteiger partial charge in [-0.15, -0.1) is 0 Å². The lowest BCUT2D eigenvalue weighted by atomic mass is 10.1. The Morgan fingerprint density at radius 1 is 0.800 bits per heavy atom. The van der Waals surface area contributed by atoms with Gasteiger partial charge in [0, 0.05) is 5.39 Å². The monoisotopic (exact) mass is 264 g/mol. The highest BCUT2D eigenvalue weighted by atomic mass is 16.7. The zero-order valence-corrected chi connectivity index (χ0v) is 10.6. The standard InChI is InChI=1S/C16H12N2O2/c19-18(20)17(14-9-2-1-3-10-14)16-12-6-8-13-7-4-5-11-15(13)16/h1-12H. The molecule has 0 N–H and O–H groups in total. The fraction of sp³-hybridized carbons (Fsp3) is 0. The summed E-state index contributed by atoms with van der Waals surface area (Å²) in [4.78, 5) is 11.5. The van der Waals surface area contributed by atoms with Gasteiger partial charge in [0.15, 0.2) is 5.03 Å². The van der Waals surface area contributed by atoms with Gasteiger partial charge in [0.25, 0.3) is 0 Å². The molecule has 20 heavy (non-hydrogen) atoms. The van der Waals surface area contributed by atoms with E-state index in [4.69, 9.17) is 0 Å². The van der Waals surface area contributed by atoms with Crippen LogP contribution in [0.2, 0.25) is 0 Å². The molecule has 4 nitrogen and oxygen atoms in total. The zero-order valence-electron chi connectivity index (χ0n) is 10.6. The molecule has 3 aromatic rings. The molecule has 3 aromatic carbocycles. The number of anilines is 2. The Morgan fingerprint density at radius 3 is 2.20 bits per heavy atom. The Balaban J connectivity index is 2.23. The highest BCUT2D eigenvalue weighted by Gasteiger charge is 2.21. The van der Waals surface area contributed by atoms with E-state index in [1.807, 2.05) is 42.5 Å². The van der Waals surface area contributed by atoms with Crippen molar-refractivity contribution in [3.63, 3.8) is 0 Å². The van der Waals surface area contributed by atoms with E-state index in [1.54, 1.807) is 30.3 Å². The van der Waals surface area contributed by atoms with Crippen molar-refractivity contribution < 1.29 is 5.03 Å². The van der Waals surface area contributed by atoms with E-state index in [0.717, 1.165) is 15.8 Å². The lowest BCUT2D eigenvalue weighted by Crippen LogP contribution is -2.24. The van der Waals surface area contributed by atoms with Crippen molar-refractivity contribution in [2.24, 2.45) is 0 Å². The van der Waals surface area contributed by atoms with E-state index in [1.165, 1.54) is 0 Å². The Morgan fingerprint density at radius 2 is 1.45 bits per heavy atom. The van der Waals surface area contributed by atoms with E-state index in [0.29, 0.717) is 11.4 Å². The molecule has 0 saturated carbocycles. The van der Waals surface area contributed by atoms with Gasteiger partial charge in [-0.25, -0.2) is 10.1 Å².